The molecule has 1 aromatic rings. The Kier molecular flexibility index (Phi) is 2.89. The van der Waals surface area contributed by atoms with Gasteiger partial charge < -0.3 is 4.90 Å². The van der Waals surface area contributed by atoms with Crippen molar-refractivity contribution in [2.75, 3.05) is 23.5 Å². The van der Waals surface area contributed by atoms with Gasteiger partial charge in [0.25, 0.3) is 0 Å². The SMILES string of the molecule is ONc1cccc(N2CCCCC2)c1. The highest BCUT2D eigenvalue weighted by Crippen LogP contribution is 2.22. The molecule has 1 aromatic carbocycles. The van der Waals surface area contributed by atoms with Crippen LogP contribution >= 0.6 is 0 Å². The first-order valence-corrected chi connectivity index (χ1v) is 5.15. The molecule has 0 radical (unpaired) electrons. The average molecular weight is 192 g/mol. The zero-order valence-corrected chi connectivity index (χ0v) is 8.24. The van der Waals surface area contributed by atoms with Crippen molar-refractivity contribution in [1.29, 1.82) is 0 Å². The fourth-order valence-corrected chi connectivity index (χ4v) is 1.92. The lowest BCUT2D eigenvalue weighted by Gasteiger charge is -2.29. The molecule has 1 aliphatic heterocycles. The second-order valence-corrected chi connectivity index (χ2v) is 3.71. The third kappa shape index (κ3) is 1.99. The molecule has 0 saturated carbocycles. The highest BCUT2D eigenvalue weighted by molar-refractivity contribution is 5.57. The van der Waals surface area contributed by atoms with E-state index in [2.05, 4.69) is 16.4 Å². The Morgan fingerprint density at radius 2 is 1.93 bits per heavy atom. The molecule has 76 valence electrons. The number of nitrogens with zero attached hydrogens (tertiary/aromatic N) is 1. The van der Waals surface area contributed by atoms with Crippen LogP contribution in [-0.2, 0) is 0 Å². The number of piperidine rings is 1. The summed E-state index contributed by atoms with van der Waals surface area (Å²) in [6, 6.07) is 7.88. The van der Waals surface area contributed by atoms with E-state index in [-0.39, 0.29) is 0 Å². The normalized spacial score (nSPS) is 16.8. The lowest BCUT2D eigenvalue weighted by atomic mass is 10.1. The van der Waals surface area contributed by atoms with Crippen LogP contribution < -0.4 is 10.4 Å². The van der Waals surface area contributed by atoms with Crippen molar-refractivity contribution in [3.63, 3.8) is 0 Å². The van der Waals surface area contributed by atoms with Crippen LogP contribution in [0.25, 0.3) is 0 Å². The van der Waals surface area contributed by atoms with Crippen LogP contribution in [0.5, 0.6) is 0 Å². The number of benzene rings is 1. The third-order valence-corrected chi connectivity index (χ3v) is 2.70. The number of anilines is 2. The standard InChI is InChI=1S/C11H16N2O/c14-12-10-5-4-6-11(9-10)13-7-2-1-3-8-13/h4-6,9,12,14H,1-3,7-8H2. The van der Waals surface area contributed by atoms with Crippen LogP contribution in [0.15, 0.2) is 24.3 Å². The predicted molar refractivity (Wildman–Crippen MR) is 57.9 cm³/mol. The fraction of sp³-hybridized carbons (Fsp3) is 0.455. The zero-order chi connectivity index (χ0) is 9.80. The van der Waals surface area contributed by atoms with Crippen LogP contribution in [0.3, 0.4) is 0 Å². The van der Waals surface area contributed by atoms with E-state index >= 15 is 0 Å². The molecular formula is C11H16N2O. The minimum Gasteiger partial charge on any atom is -0.371 e. The molecule has 0 bridgehead atoms. The van der Waals surface area contributed by atoms with Gasteiger partial charge in [0.15, 0.2) is 0 Å². The van der Waals surface area contributed by atoms with Crippen molar-refractivity contribution >= 4 is 11.4 Å². The molecule has 0 aliphatic carbocycles. The van der Waals surface area contributed by atoms with Gasteiger partial charge in [0.2, 0.25) is 0 Å². The van der Waals surface area contributed by atoms with E-state index in [4.69, 9.17) is 5.21 Å². The van der Waals surface area contributed by atoms with Gasteiger partial charge in [0.05, 0.1) is 5.69 Å². The molecule has 1 heterocycles. The molecule has 2 N–H and O–H groups in total. The first-order chi connectivity index (χ1) is 6.90. The summed E-state index contributed by atoms with van der Waals surface area (Å²) in [6.45, 7) is 2.27. The van der Waals surface area contributed by atoms with Crippen LogP contribution in [0.2, 0.25) is 0 Å². The summed E-state index contributed by atoms with van der Waals surface area (Å²) >= 11 is 0. The Morgan fingerprint density at radius 1 is 1.14 bits per heavy atom. The molecule has 2 rings (SSSR count). The maximum Gasteiger partial charge on any atom is 0.0622 e. The number of rotatable bonds is 2. The molecule has 3 heteroatoms. The van der Waals surface area contributed by atoms with E-state index in [1.165, 1.54) is 24.9 Å². The van der Waals surface area contributed by atoms with Crippen molar-refractivity contribution in [3.05, 3.63) is 24.3 Å². The van der Waals surface area contributed by atoms with E-state index in [0.717, 1.165) is 18.8 Å². The summed E-state index contributed by atoms with van der Waals surface area (Å²) in [5.41, 5.74) is 4.14. The summed E-state index contributed by atoms with van der Waals surface area (Å²) < 4.78 is 0. The van der Waals surface area contributed by atoms with Crippen LogP contribution in [0, 0.1) is 0 Å². The second kappa shape index (κ2) is 4.33. The molecular weight excluding hydrogens is 176 g/mol. The minimum atomic E-state index is 0.757. The van der Waals surface area contributed by atoms with Crippen LogP contribution in [0.1, 0.15) is 19.3 Å². The minimum absolute atomic E-state index is 0.757. The fourth-order valence-electron chi connectivity index (χ4n) is 1.92. The molecule has 0 aromatic heterocycles. The Morgan fingerprint density at radius 3 is 2.64 bits per heavy atom. The largest absolute Gasteiger partial charge is 0.371 e. The molecule has 14 heavy (non-hydrogen) atoms. The highest BCUT2D eigenvalue weighted by Gasteiger charge is 2.10. The van der Waals surface area contributed by atoms with Crippen LogP contribution in [0.4, 0.5) is 11.4 Å². The number of nitrogens with one attached hydrogen (secondary N) is 1. The maximum absolute atomic E-state index is 8.79. The van der Waals surface area contributed by atoms with Gasteiger partial charge in [-0.05, 0) is 37.5 Å². The molecule has 1 saturated heterocycles. The van der Waals surface area contributed by atoms with Crippen molar-refractivity contribution in [1.82, 2.24) is 0 Å². The predicted octanol–water partition coefficient (Wildman–Crippen LogP) is 2.48. The molecule has 3 nitrogen and oxygen atoms in total. The molecule has 1 fully saturated rings. The topological polar surface area (TPSA) is 35.5 Å². The Balaban J connectivity index is 2.13. The van der Waals surface area contributed by atoms with Crippen molar-refractivity contribution < 1.29 is 5.21 Å². The Labute approximate surface area is 84.3 Å². The third-order valence-electron chi connectivity index (χ3n) is 2.70. The quantitative estimate of drug-likeness (QED) is 0.707. The Hall–Kier alpha value is -1.22. The van der Waals surface area contributed by atoms with Gasteiger partial charge in [-0.1, -0.05) is 6.07 Å². The summed E-state index contributed by atoms with van der Waals surface area (Å²) in [7, 11) is 0. The van der Waals surface area contributed by atoms with Gasteiger partial charge in [0, 0.05) is 18.8 Å². The molecule has 1 aliphatic rings. The van der Waals surface area contributed by atoms with Crippen molar-refractivity contribution in [3.8, 4) is 0 Å². The van der Waals surface area contributed by atoms with Crippen molar-refractivity contribution in [2.24, 2.45) is 0 Å². The number of hydrogen-bond acceptors (Lipinski definition) is 3. The van der Waals surface area contributed by atoms with Crippen LogP contribution in [-0.4, -0.2) is 18.3 Å². The van der Waals surface area contributed by atoms with Gasteiger partial charge >= 0.3 is 0 Å². The van der Waals surface area contributed by atoms with Gasteiger partial charge in [0.1, 0.15) is 0 Å². The average Bonchev–Trinajstić information content (AvgIpc) is 2.30. The highest BCUT2D eigenvalue weighted by atomic mass is 16.5. The first-order valence-electron chi connectivity index (χ1n) is 5.15. The zero-order valence-electron chi connectivity index (χ0n) is 8.24. The van der Waals surface area contributed by atoms with Gasteiger partial charge in [-0.3, -0.25) is 10.7 Å². The van der Waals surface area contributed by atoms with Gasteiger partial charge in [-0.2, -0.15) is 0 Å². The second-order valence-electron chi connectivity index (χ2n) is 3.71. The molecule has 0 amide bonds. The van der Waals surface area contributed by atoms with Crippen molar-refractivity contribution in [2.45, 2.75) is 19.3 Å². The maximum atomic E-state index is 8.79. The van der Waals surface area contributed by atoms with E-state index in [1.54, 1.807) is 0 Å². The smallest absolute Gasteiger partial charge is 0.0622 e. The monoisotopic (exact) mass is 192 g/mol. The van der Waals surface area contributed by atoms with E-state index in [1.807, 2.05) is 18.2 Å². The molecule has 0 spiro atoms. The lowest BCUT2D eigenvalue weighted by molar-refractivity contribution is 0.389. The summed E-state index contributed by atoms with van der Waals surface area (Å²) in [6.07, 6.45) is 3.89. The summed E-state index contributed by atoms with van der Waals surface area (Å²) in [5.74, 6) is 0. The summed E-state index contributed by atoms with van der Waals surface area (Å²) in [5, 5.41) is 8.79. The van der Waals surface area contributed by atoms with Gasteiger partial charge in [-0.15, -0.1) is 0 Å². The van der Waals surface area contributed by atoms with E-state index in [0.29, 0.717) is 0 Å². The lowest BCUT2D eigenvalue weighted by Crippen LogP contribution is -2.29. The van der Waals surface area contributed by atoms with E-state index < -0.39 is 0 Å². The molecule has 0 unspecified atom stereocenters. The Bertz CT molecular complexity index is 295. The van der Waals surface area contributed by atoms with Gasteiger partial charge in [-0.25, -0.2) is 0 Å². The molecule has 0 atom stereocenters. The van der Waals surface area contributed by atoms with E-state index in [9.17, 15) is 0 Å². The number of hydrogen-bond donors (Lipinski definition) is 2. The summed E-state index contributed by atoms with van der Waals surface area (Å²) in [4.78, 5) is 2.37. The first kappa shape index (κ1) is 9.34.